The summed E-state index contributed by atoms with van der Waals surface area (Å²) in [7, 11) is 0. The Morgan fingerprint density at radius 1 is 1.46 bits per heavy atom. The summed E-state index contributed by atoms with van der Waals surface area (Å²) in [5, 5.41) is 10.4. The number of carbonyl (C=O) groups excluding carboxylic acids is 1. The van der Waals surface area contributed by atoms with E-state index in [1.54, 1.807) is 17.5 Å². The van der Waals surface area contributed by atoms with Gasteiger partial charge in [-0.25, -0.2) is 9.59 Å². The molecule has 68 valence electrons. The van der Waals surface area contributed by atoms with E-state index in [4.69, 9.17) is 9.84 Å². The second-order valence-corrected chi connectivity index (χ2v) is 2.93. The number of aliphatic carboxylic acids is 1. The molecule has 1 heterocycles. The Morgan fingerprint density at radius 3 is 2.77 bits per heavy atom. The van der Waals surface area contributed by atoms with E-state index in [1.165, 1.54) is 11.3 Å². The number of carboxylic acid groups (broad SMARTS) is 1. The maximum atomic E-state index is 10.8. The third-order valence-corrected chi connectivity index (χ3v) is 1.80. The molecule has 0 saturated carbocycles. The van der Waals surface area contributed by atoms with E-state index in [-0.39, 0.29) is 0 Å². The monoisotopic (exact) mass is 198 g/mol. The summed E-state index contributed by atoms with van der Waals surface area (Å²) in [5.74, 6) is -1.87. The van der Waals surface area contributed by atoms with Gasteiger partial charge in [-0.2, -0.15) is 0 Å². The van der Waals surface area contributed by atoms with Crippen molar-refractivity contribution in [3.63, 3.8) is 0 Å². The van der Waals surface area contributed by atoms with Crippen LogP contribution >= 0.6 is 11.3 Å². The van der Waals surface area contributed by atoms with Crippen LogP contribution in [0.1, 0.15) is 0 Å². The van der Waals surface area contributed by atoms with Crippen molar-refractivity contribution in [2.45, 2.75) is 0 Å². The minimum absolute atomic E-state index is 0.444. The molecule has 0 aromatic carbocycles. The molecule has 0 amide bonds. The molecule has 0 aliphatic rings. The largest absolute Gasteiger partial charge is 0.478 e. The fourth-order valence-electron chi connectivity index (χ4n) is 0.594. The lowest BCUT2D eigenvalue weighted by molar-refractivity contribution is -0.133. The van der Waals surface area contributed by atoms with Gasteiger partial charge in [0.05, 0.1) is 0 Å². The molecule has 0 unspecified atom stereocenters. The number of carboxylic acids is 1. The van der Waals surface area contributed by atoms with Gasteiger partial charge < -0.3 is 9.84 Å². The van der Waals surface area contributed by atoms with Crippen molar-refractivity contribution in [3.05, 3.63) is 29.7 Å². The first-order chi connectivity index (χ1) is 6.18. The molecule has 0 spiro atoms. The van der Waals surface area contributed by atoms with Crippen LogP contribution < -0.4 is 4.74 Å². The van der Waals surface area contributed by atoms with Gasteiger partial charge in [-0.1, -0.05) is 0 Å². The Hall–Kier alpha value is -1.62. The summed E-state index contributed by atoms with van der Waals surface area (Å²) in [4.78, 5) is 20.9. The van der Waals surface area contributed by atoms with Crippen molar-refractivity contribution in [1.29, 1.82) is 0 Å². The van der Waals surface area contributed by atoms with Crippen LogP contribution in [0.25, 0.3) is 0 Å². The van der Waals surface area contributed by atoms with Crippen molar-refractivity contribution >= 4 is 23.3 Å². The molecule has 5 heteroatoms. The molecule has 0 aliphatic heterocycles. The number of rotatable bonds is 3. The summed E-state index contributed by atoms with van der Waals surface area (Å²) < 4.78 is 4.73. The summed E-state index contributed by atoms with van der Waals surface area (Å²) in [6.07, 6.45) is 1.60. The highest BCUT2D eigenvalue weighted by atomic mass is 32.1. The van der Waals surface area contributed by atoms with Crippen molar-refractivity contribution in [2.24, 2.45) is 0 Å². The van der Waals surface area contributed by atoms with Crippen LogP contribution in [-0.2, 0) is 9.59 Å². The number of esters is 1. The quantitative estimate of drug-likeness (QED) is 0.587. The second kappa shape index (κ2) is 4.42. The highest BCUT2D eigenvalue weighted by Crippen LogP contribution is 2.18. The average molecular weight is 198 g/mol. The zero-order valence-corrected chi connectivity index (χ0v) is 7.28. The van der Waals surface area contributed by atoms with Gasteiger partial charge in [0.25, 0.3) is 0 Å². The molecule has 0 bridgehead atoms. The molecule has 0 saturated heterocycles. The molecule has 13 heavy (non-hydrogen) atoms. The Balaban J connectivity index is 2.47. The van der Waals surface area contributed by atoms with Gasteiger partial charge in [0, 0.05) is 12.2 Å². The van der Waals surface area contributed by atoms with E-state index in [1.807, 2.05) is 0 Å². The van der Waals surface area contributed by atoms with Crippen LogP contribution in [-0.4, -0.2) is 17.0 Å². The SMILES string of the molecule is O=C(O)/C=C/C(=O)Oc1cccs1. The van der Waals surface area contributed by atoms with E-state index < -0.39 is 11.9 Å². The topological polar surface area (TPSA) is 63.6 Å². The van der Waals surface area contributed by atoms with Gasteiger partial charge in [0.15, 0.2) is 5.06 Å². The van der Waals surface area contributed by atoms with Crippen LogP contribution in [0.3, 0.4) is 0 Å². The minimum Gasteiger partial charge on any atom is -0.478 e. The van der Waals surface area contributed by atoms with Crippen molar-refractivity contribution in [2.75, 3.05) is 0 Å². The molecule has 1 N–H and O–H groups in total. The van der Waals surface area contributed by atoms with Crippen molar-refractivity contribution in [1.82, 2.24) is 0 Å². The van der Waals surface area contributed by atoms with E-state index >= 15 is 0 Å². The van der Waals surface area contributed by atoms with Gasteiger partial charge in [0.1, 0.15) is 0 Å². The number of thiophene rings is 1. The maximum absolute atomic E-state index is 10.8. The Labute approximate surface area is 78.1 Å². The zero-order chi connectivity index (χ0) is 9.68. The van der Waals surface area contributed by atoms with Gasteiger partial charge in [-0.3, -0.25) is 0 Å². The normalized spacial score (nSPS) is 10.2. The molecule has 1 aromatic heterocycles. The van der Waals surface area contributed by atoms with E-state index in [9.17, 15) is 9.59 Å². The molecule has 0 aliphatic carbocycles. The molecule has 0 radical (unpaired) electrons. The lowest BCUT2D eigenvalue weighted by atomic mass is 10.5. The Bertz CT molecular complexity index is 326. The van der Waals surface area contributed by atoms with Gasteiger partial charge in [0.2, 0.25) is 0 Å². The number of ether oxygens (including phenoxy) is 1. The van der Waals surface area contributed by atoms with Gasteiger partial charge in [-0.15, -0.1) is 11.3 Å². The number of hydrogen-bond donors (Lipinski definition) is 1. The fraction of sp³-hybridized carbons (Fsp3) is 0. The highest BCUT2D eigenvalue weighted by molar-refractivity contribution is 7.11. The van der Waals surface area contributed by atoms with Crippen LogP contribution in [0.4, 0.5) is 0 Å². The van der Waals surface area contributed by atoms with Gasteiger partial charge >= 0.3 is 11.9 Å². The zero-order valence-electron chi connectivity index (χ0n) is 6.47. The highest BCUT2D eigenvalue weighted by Gasteiger charge is 2.00. The third-order valence-electron chi connectivity index (χ3n) is 1.06. The summed E-state index contributed by atoms with van der Waals surface area (Å²) >= 11 is 1.26. The first-order valence-electron chi connectivity index (χ1n) is 3.35. The number of carbonyl (C=O) groups is 2. The van der Waals surface area contributed by atoms with Crippen molar-refractivity contribution in [3.8, 4) is 5.06 Å². The average Bonchev–Trinajstić information content (AvgIpc) is 2.53. The minimum atomic E-state index is -1.18. The molecule has 0 atom stereocenters. The van der Waals surface area contributed by atoms with E-state index in [0.717, 1.165) is 12.2 Å². The lowest BCUT2D eigenvalue weighted by Gasteiger charge is -1.93. The Kier molecular flexibility index (Phi) is 3.22. The fourth-order valence-corrected chi connectivity index (χ4v) is 1.17. The molecule has 4 nitrogen and oxygen atoms in total. The summed E-state index contributed by atoms with van der Waals surface area (Å²) in [6.45, 7) is 0. The second-order valence-electron chi connectivity index (χ2n) is 2.02. The standard InChI is InChI=1S/C8H6O4S/c9-6(10)3-4-7(11)12-8-2-1-5-13-8/h1-5H,(H,9,10)/b4-3+. The van der Waals surface area contributed by atoms with Crippen LogP contribution in [0.15, 0.2) is 29.7 Å². The van der Waals surface area contributed by atoms with E-state index in [0.29, 0.717) is 5.06 Å². The first kappa shape index (κ1) is 9.47. The number of hydrogen-bond acceptors (Lipinski definition) is 4. The smallest absolute Gasteiger partial charge is 0.337 e. The molecular formula is C8H6O4S. The third kappa shape index (κ3) is 3.53. The van der Waals surface area contributed by atoms with E-state index in [2.05, 4.69) is 0 Å². The Morgan fingerprint density at radius 2 is 2.23 bits per heavy atom. The predicted octanol–water partition coefficient (Wildman–Crippen LogP) is 1.29. The van der Waals surface area contributed by atoms with Crippen LogP contribution in [0, 0.1) is 0 Å². The lowest BCUT2D eigenvalue weighted by Crippen LogP contribution is -2.03. The van der Waals surface area contributed by atoms with Crippen molar-refractivity contribution < 1.29 is 19.4 Å². The van der Waals surface area contributed by atoms with Crippen LogP contribution in [0.2, 0.25) is 0 Å². The predicted molar refractivity (Wildman–Crippen MR) is 46.7 cm³/mol. The maximum Gasteiger partial charge on any atom is 0.337 e. The van der Waals surface area contributed by atoms with Gasteiger partial charge in [-0.05, 0) is 17.5 Å². The molecule has 1 rings (SSSR count). The summed E-state index contributed by atoms with van der Waals surface area (Å²) in [5.41, 5.74) is 0. The van der Waals surface area contributed by atoms with Crippen LogP contribution in [0.5, 0.6) is 5.06 Å². The molecule has 1 aromatic rings. The summed E-state index contributed by atoms with van der Waals surface area (Å²) in [6, 6.07) is 3.35. The molecule has 0 fully saturated rings. The first-order valence-corrected chi connectivity index (χ1v) is 4.23. The molecular weight excluding hydrogens is 192 g/mol.